The summed E-state index contributed by atoms with van der Waals surface area (Å²) in [5.41, 5.74) is 4.62. The number of carbonyl (C=O) groups is 1. The number of likely N-dealkylation sites (N-methyl/N-ethyl adjacent to an activating group) is 2. The number of carbonyl (C=O) groups excluding carboxylic acids is 1. The summed E-state index contributed by atoms with van der Waals surface area (Å²) < 4.78 is 5.40. The lowest BCUT2D eigenvalue weighted by Gasteiger charge is -2.29. The number of thiocarbonyl (C=S) groups is 1. The maximum atomic E-state index is 12.2. The fourth-order valence-corrected chi connectivity index (χ4v) is 3.21. The highest BCUT2D eigenvalue weighted by molar-refractivity contribution is 7.80. The number of hydrogen-bond acceptors (Lipinski definition) is 4. The Balaban J connectivity index is 1.92. The van der Waals surface area contributed by atoms with Crippen LogP contribution in [0.3, 0.4) is 0 Å². The van der Waals surface area contributed by atoms with Gasteiger partial charge in [0.05, 0.1) is 0 Å². The first-order valence-electron chi connectivity index (χ1n) is 8.07. The first kappa shape index (κ1) is 16.5. The van der Waals surface area contributed by atoms with E-state index in [1.807, 2.05) is 13.0 Å². The largest absolute Gasteiger partial charge is 0.426 e. The molecule has 0 aromatic heterocycles. The average Bonchev–Trinajstić information content (AvgIpc) is 2.85. The summed E-state index contributed by atoms with van der Waals surface area (Å²) in [5.74, 6) is 0.0896. The summed E-state index contributed by atoms with van der Waals surface area (Å²) >= 11 is 5.07. The summed E-state index contributed by atoms with van der Waals surface area (Å²) in [7, 11) is 0. The van der Waals surface area contributed by atoms with Gasteiger partial charge in [-0.25, -0.2) is 0 Å². The van der Waals surface area contributed by atoms with Crippen molar-refractivity contribution in [2.24, 2.45) is 0 Å². The molecule has 0 saturated carbocycles. The summed E-state index contributed by atoms with van der Waals surface area (Å²) in [4.78, 5) is 15.9. The molecule has 0 N–H and O–H groups in total. The standard InChI is InChI=1S/C19H20N2O2S/c1-4-20-15(8-7-14-12-13(3)6-10-16(14)20)9-11-17-18(22)21(5-2)19(24)23-17/h6-12H,4-5H2,1-3H3. The number of fused-ring (bicyclic) bond motifs is 1. The van der Waals surface area contributed by atoms with Crippen LogP contribution in [-0.4, -0.2) is 29.1 Å². The highest BCUT2D eigenvalue weighted by Crippen LogP contribution is 2.31. The van der Waals surface area contributed by atoms with Gasteiger partial charge in [0.25, 0.3) is 11.1 Å². The Labute approximate surface area is 147 Å². The van der Waals surface area contributed by atoms with Crippen LogP contribution in [0.25, 0.3) is 6.08 Å². The lowest BCUT2D eigenvalue weighted by Crippen LogP contribution is -2.27. The van der Waals surface area contributed by atoms with Crippen molar-refractivity contribution < 1.29 is 9.53 Å². The van der Waals surface area contributed by atoms with Crippen molar-refractivity contribution in [1.82, 2.24) is 4.90 Å². The average molecular weight is 340 g/mol. The Morgan fingerprint density at radius 1 is 1.12 bits per heavy atom. The number of allylic oxidation sites excluding steroid dienone is 3. The number of anilines is 1. The molecular weight excluding hydrogens is 320 g/mol. The third-order valence-electron chi connectivity index (χ3n) is 4.13. The first-order chi connectivity index (χ1) is 11.5. The van der Waals surface area contributed by atoms with Crippen molar-refractivity contribution in [3.8, 4) is 0 Å². The van der Waals surface area contributed by atoms with Crippen LogP contribution in [0.5, 0.6) is 0 Å². The number of benzene rings is 1. The lowest BCUT2D eigenvalue weighted by molar-refractivity contribution is -0.122. The van der Waals surface area contributed by atoms with Crippen molar-refractivity contribution in [1.29, 1.82) is 0 Å². The van der Waals surface area contributed by atoms with E-state index in [9.17, 15) is 4.79 Å². The zero-order valence-corrected chi connectivity index (χ0v) is 14.9. The van der Waals surface area contributed by atoms with E-state index < -0.39 is 0 Å². The normalized spacial score (nSPS) is 20.1. The molecule has 24 heavy (non-hydrogen) atoms. The van der Waals surface area contributed by atoms with Crippen LogP contribution in [-0.2, 0) is 9.53 Å². The molecule has 0 atom stereocenters. The molecule has 1 saturated heterocycles. The second-order valence-electron chi connectivity index (χ2n) is 5.68. The number of ether oxygens (including phenoxy) is 1. The molecule has 2 aliphatic rings. The van der Waals surface area contributed by atoms with Crippen LogP contribution < -0.4 is 4.90 Å². The number of hydrogen-bond donors (Lipinski definition) is 0. The molecule has 1 aromatic carbocycles. The van der Waals surface area contributed by atoms with Crippen LogP contribution in [0.1, 0.15) is 25.0 Å². The lowest BCUT2D eigenvalue weighted by atomic mass is 10.0. The maximum absolute atomic E-state index is 12.2. The van der Waals surface area contributed by atoms with E-state index in [0.29, 0.717) is 6.54 Å². The Hall–Kier alpha value is -2.40. The smallest absolute Gasteiger partial charge is 0.297 e. The monoisotopic (exact) mass is 340 g/mol. The quantitative estimate of drug-likeness (QED) is 0.619. The van der Waals surface area contributed by atoms with Gasteiger partial charge in [-0.3, -0.25) is 9.69 Å². The van der Waals surface area contributed by atoms with Crippen molar-refractivity contribution in [3.05, 3.63) is 59.0 Å². The summed E-state index contributed by atoms with van der Waals surface area (Å²) in [6, 6.07) is 6.41. The van der Waals surface area contributed by atoms with E-state index >= 15 is 0 Å². The molecule has 2 aliphatic heterocycles. The second kappa shape index (κ2) is 6.61. The van der Waals surface area contributed by atoms with Crippen LogP contribution in [0.4, 0.5) is 5.69 Å². The van der Waals surface area contributed by atoms with Gasteiger partial charge in [0.1, 0.15) is 0 Å². The topological polar surface area (TPSA) is 32.8 Å². The molecule has 0 bridgehead atoms. The first-order valence-corrected chi connectivity index (χ1v) is 8.48. The van der Waals surface area contributed by atoms with Crippen molar-refractivity contribution in [2.45, 2.75) is 20.8 Å². The predicted octanol–water partition coefficient (Wildman–Crippen LogP) is 3.78. The second-order valence-corrected chi connectivity index (χ2v) is 6.03. The Morgan fingerprint density at radius 2 is 1.88 bits per heavy atom. The van der Waals surface area contributed by atoms with E-state index in [0.717, 1.165) is 12.2 Å². The predicted molar refractivity (Wildman–Crippen MR) is 100 cm³/mol. The van der Waals surface area contributed by atoms with Gasteiger partial charge in [-0.1, -0.05) is 17.7 Å². The molecule has 0 aliphatic carbocycles. The van der Waals surface area contributed by atoms with Crippen LogP contribution in [0, 0.1) is 6.92 Å². The van der Waals surface area contributed by atoms with Crippen LogP contribution >= 0.6 is 12.2 Å². The molecule has 4 nitrogen and oxygen atoms in total. The molecule has 1 aromatic rings. The van der Waals surface area contributed by atoms with E-state index in [1.54, 1.807) is 6.08 Å². The molecule has 0 spiro atoms. The number of aryl methyl sites for hydroxylation is 1. The van der Waals surface area contributed by atoms with Gasteiger partial charge < -0.3 is 9.64 Å². The van der Waals surface area contributed by atoms with Crippen LogP contribution in [0.15, 0.2) is 47.9 Å². The van der Waals surface area contributed by atoms with Gasteiger partial charge in [0.15, 0.2) is 5.76 Å². The summed E-state index contributed by atoms with van der Waals surface area (Å²) in [6.07, 6.45) is 7.75. The SMILES string of the molecule is CCN1C(=O)C(=CC=C2C=Cc3cc(C)ccc3N2CC)OC1=S. The van der Waals surface area contributed by atoms with Crippen molar-refractivity contribution in [3.63, 3.8) is 0 Å². The minimum atomic E-state index is -0.182. The van der Waals surface area contributed by atoms with Gasteiger partial charge in [0, 0.05) is 24.5 Å². The third kappa shape index (κ3) is 2.87. The molecule has 2 heterocycles. The minimum Gasteiger partial charge on any atom is -0.426 e. The van der Waals surface area contributed by atoms with Gasteiger partial charge in [-0.2, -0.15) is 0 Å². The molecular formula is C19H20N2O2S. The summed E-state index contributed by atoms with van der Waals surface area (Å²) in [5, 5.41) is 0.222. The molecule has 0 unspecified atom stereocenters. The van der Waals surface area contributed by atoms with Gasteiger partial charge in [-0.15, -0.1) is 0 Å². The van der Waals surface area contributed by atoms with Gasteiger partial charge in [-0.05, 0) is 68.9 Å². The Morgan fingerprint density at radius 3 is 2.54 bits per heavy atom. The Bertz CT molecular complexity index is 793. The number of amides is 1. The maximum Gasteiger partial charge on any atom is 0.297 e. The van der Waals surface area contributed by atoms with Crippen molar-refractivity contribution >= 4 is 35.1 Å². The molecule has 3 rings (SSSR count). The highest BCUT2D eigenvalue weighted by atomic mass is 32.1. The van der Waals surface area contributed by atoms with E-state index in [1.165, 1.54) is 21.7 Å². The summed E-state index contributed by atoms with van der Waals surface area (Å²) in [6.45, 7) is 7.42. The highest BCUT2D eigenvalue weighted by Gasteiger charge is 2.31. The fraction of sp³-hybridized carbons (Fsp3) is 0.263. The van der Waals surface area contributed by atoms with Gasteiger partial charge >= 0.3 is 0 Å². The van der Waals surface area contributed by atoms with Crippen LogP contribution in [0.2, 0.25) is 0 Å². The van der Waals surface area contributed by atoms with E-state index in [-0.39, 0.29) is 16.8 Å². The third-order valence-corrected chi connectivity index (χ3v) is 4.43. The van der Waals surface area contributed by atoms with E-state index in [4.69, 9.17) is 17.0 Å². The minimum absolute atomic E-state index is 0.182. The molecule has 5 heteroatoms. The molecule has 124 valence electrons. The Kier molecular flexibility index (Phi) is 4.53. The van der Waals surface area contributed by atoms with Crippen molar-refractivity contribution in [2.75, 3.05) is 18.0 Å². The zero-order chi connectivity index (χ0) is 17.3. The van der Waals surface area contributed by atoms with Gasteiger partial charge in [0.2, 0.25) is 0 Å². The van der Waals surface area contributed by atoms with E-state index in [2.05, 4.69) is 49.1 Å². The fourth-order valence-electron chi connectivity index (χ4n) is 2.90. The molecule has 1 amide bonds. The molecule has 1 fully saturated rings. The molecule has 0 radical (unpaired) electrons. The zero-order valence-electron chi connectivity index (χ0n) is 14.1. The number of rotatable bonds is 3. The number of nitrogens with zero attached hydrogens (tertiary/aromatic N) is 2.